The molecule has 1 aliphatic heterocycles. The summed E-state index contributed by atoms with van der Waals surface area (Å²) in [5.41, 5.74) is 7.59. The molecule has 47 heavy (non-hydrogen) atoms. The van der Waals surface area contributed by atoms with Gasteiger partial charge in [-0.15, -0.1) is 12.4 Å². The summed E-state index contributed by atoms with van der Waals surface area (Å²) in [7, 11) is 0. The average molecular weight is 674 g/mol. The molecule has 3 rings (SSSR count). The highest BCUT2D eigenvalue weighted by Crippen LogP contribution is 2.22. The summed E-state index contributed by atoms with van der Waals surface area (Å²) < 4.78 is 0. The van der Waals surface area contributed by atoms with Crippen molar-refractivity contribution in [1.29, 1.82) is 0 Å². The molecule has 258 valence electrons. The van der Waals surface area contributed by atoms with Crippen LogP contribution in [0, 0.1) is 11.8 Å². The summed E-state index contributed by atoms with van der Waals surface area (Å²) in [4.78, 5) is 67.7. The largest absolute Gasteiger partial charge is 0.508 e. The Labute approximate surface area is 282 Å². The SMILES string of the molecule is CC[C@H](C)[C@H](NC(=O)[C@H](Cc1ccc(O)cc1)NC(=O)[C@@H]1CCCN1C(=O)c1cccc(CN)c1)C(=O)N[C@@H](CC(C)C)C(=O)O.Cl. The topological polar surface area (TPSA) is 191 Å². The molecule has 2 aromatic carbocycles. The van der Waals surface area contributed by atoms with Gasteiger partial charge in [-0.3, -0.25) is 19.2 Å². The van der Waals surface area contributed by atoms with Gasteiger partial charge in [-0.25, -0.2) is 4.79 Å². The van der Waals surface area contributed by atoms with Gasteiger partial charge >= 0.3 is 5.97 Å². The Kier molecular flexibility index (Phi) is 15.2. The van der Waals surface area contributed by atoms with Crippen molar-refractivity contribution < 1.29 is 34.2 Å². The summed E-state index contributed by atoms with van der Waals surface area (Å²) in [5.74, 6) is -3.55. The first-order chi connectivity index (χ1) is 21.8. The highest BCUT2D eigenvalue weighted by Gasteiger charge is 2.38. The maximum atomic E-state index is 13.8. The first-order valence-corrected chi connectivity index (χ1v) is 15.9. The molecule has 5 atom stereocenters. The maximum absolute atomic E-state index is 13.8. The van der Waals surface area contributed by atoms with Crippen molar-refractivity contribution in [2.75, 3.05) is 6.54 Å². The van der Waals surface area contributed by atoms with Crippen LogP contribution in [0.3, 0.4) is 0 Å². The molecule has 4 amide bonds. The number of carbonyl (C=O) groups excluding carboxylic acids is 4. The van der Waals surface area contributed by atoms with Crippen molar-refractivity contribution in [3.8, 4) is 5.75 Å². The molecule has 7 N–H and O–H groups in total. The number of likely N-dealkylation sites (tertiary alicyclic amines) is 1. The van der Waals surface area contributed by atoms with Crippen molar-refractivity contribution in [3.63, 3.8) is 0 Å². The number of nitrogens with one attached hydrogen (secondary N) is 3. The van der Waals surface area contributed by atoms with Gasteiger partial charge < -0.3 is 36.8 Å². The Bertz CT molecular complexity index is 1390. The third-order valence-electron chi connectivity index (χ3n) is 8.35. The molecule has 0 bridgehead atoms. The molecule has 0 unspecified atom stereocenters. The van der Waals surface area contributed by atoms with Crippen LogP contribution in [-0.2, 0) is 32.1 Å². The second-order valence-electron chi connectivity index (χ2n) is 12.4. The van der Waals surface area contributed by atoms with Crippen molar-refractivity contribution >= 4 is 42.0 Å². The Balaban J connectivity index is 0.00000768. The molecule has 1 fully saturated rings. The lowest BCUT2D eigenvalue weighted by Gasteiger charge is -2.29. The van der Waals surface area contributed by atoms with E-state index in [1.54, 1.807) is 37.3 Å². The number of amides is 4. The van der Waals surface area contributed by atoms with Crippen LogP contribution in [0.25, 0.3) is 0 Å². The number of hydrogen-bond donors (Lipinski definition) is 6. The van der Waals surface area contributed by atoms with Crippen LogP contribution >= 0.6 is 12.4 Å². The maximum Gasteiger partial charge on any atom is 0.326 e. The van der Waals surface area contributed by atoms with Gasteiger partial charge in [0.05, 0.1) is 0 Å². The molecule has 13 heteroatoms. The molecule has 12 nitrogen and oxygen atoms in total. The minimum Gasteiger partial charge on any atom is -0.508 e. The van der Waals surface area contributed by atoms with Gasteiger partial charge in [0.15, 0.2) is 0 Å². The van der Waals surface area contributed by atoms with E-state index in [0.29, 0.717) is 36.9 Å². The van der Waals surface area contributed by atoms with Gasteiger partial charge in [0, 0.05) is 25.1 Å². The zero-order valence-corrected chi connectivity index (χ0v) is 28.2. The Morgan fingerprint density at radius 2 is 1.62 bits per heavy atom. The fourth-order valence-corrected chi connectivity index (χ4v) is 5.53. The van der Waals surface area contributed by atoms with Crippen molar-refractivity contribution in [2.24, 2.45) is 17.6 Å². The fraction of sp³-hybridized carbons (Fsp3) is 0.500. The van der Waals surface area contributed by atoms with Gasteiger partial charge in [-0.1, -0.05) is 58.4 Å². The first-order valence-electron chi connectivity index (χ1n) is 15.9. The van der Waals surface area contributed by atoms with Crippen LogP contribution in [-0.4, -0.2) is 75.4 Å². The van der Waals surface area contributed by atoms with Crippen molar-refractivity contribution in [2.45, 2.75) is 90.5 Å². The van der Waals surface area contributed by atoms with Gasteiger partial charge in [-0.05, 0) is 66.5 Å². The monoisotopic (exact) mass is 673 g/mol. The highest BCUT2D eigenvalue weighted by molar-refractivity contribution is 5.99. The van der Waals surface area contributed by atoms with E-state index in [1.165, 1.54) is 17.0 Å². The summed E-state index contributed by atoms with van der Waals surface area (Å²) >= 11 is 0. The van der Waals surface area contributed by atoms with Crippen LogP contribution in [0.1, 0.15) is 74.9 Å². The first kappa shape index (κ1) is 39.0. The van der Waals surface area contributed by atoms with Crippen LogP contribution < -0.4 is 21.7 Å². The Morgan fingerprint density at radius 1 is 0.936 bits per heavy atom. The zero-order valence-electron chi connectivity index (χ0n) is 27.4. The molecule has 1 saturated heterocycles. The van der Waals surface area contributed by atoms with Crippen LogP contribution in [0.2, 0.25) is 0 Å². The van der Waals surface area contributed by atoms with Crippen LogP contribution in [0.15, 0.2) is 48.5 Å². The van der Waals surface area contributed by atoms with E-state index < -0.39 is 47.9 Å². The van der Waals surface area contributed by atoms with E-state index in [9.17, 15) is 34.2 Å². The van der Waals surface area contributed by atoms with Gasteiger partial charge in [-0.2, -0.15) is 0 Å². The molecular weight excluding hydrogens is 626 g/mol. The molecule has 1 heterocycles. The summed E-state index contributed by atoms with van der Waals surface area (Å²) in [6.07, 6.45) is 1.78. The molecular formula is C34H48ClN5O7. The predicted octanol–water partition coefficient (Wildman–Crippen LogP) is 2.75. The van der Waals surface area contributed by atoms with Gasteiger partial charge in [0.1, 0.15) is 29.9 Å². The van der Waals surface area contributed by atoms with E-state index in [4.69, 9.17) is 5.73 Å². The highest BCUT2D eigenvalue weighted by atomic mass is 35.5. The standard InChI is InChI=1S/C34H47N5O7.ClH/c1-5-21(4)29(32(43)37-27(34(45)46)16-20(2)3)38-30(41)26(18-22-11-13-25(40)14-12-22)36-31(42)28-10-7-15-39(28)33(44)24-9-6-8-23(17-24)19-35;/h6,8-9,11-14,17,20-21,26-29,40H,5,7,10,15-16,18-19,35H2,1-4H3,(H,36,42)(H,37,43)(H,38,41)(H,45,46);1H/t21-,26-,27-,28-,29-;/m0./s1. The number of carbonyl (C=O) groups is 5. The fourth-order valence-electron chi connectivity index (χ4n) is 5.53. The van der Waals surface area contributed by atoms with Crippen LogP contribution in [0.5, 0.6) is 5.75 Å². The van der Waals surface area contributed by atoms with E-state index in [2.05, 4.69) is 16.0 Å². The van der Waals surface area contributed by atoms with E-state index in [1.807, 2.05) is 26.8 Å². The lowest BCUT2D eigenvalue weighted by atomic mass is 9.96. The summed E-state index contributed by atoms with van der Waals surface area (Å²) in [6.45, 7) is 7.97. The minimum atomic E-state index is -1.17. The summed E-state index contributed by atoms with van der Waals surface area (Å²) in [5, 5.41) is 27.6. The smallest absolute Gasteiger partial charge is 0.326 e. The molecule has 0 saturated carbocycles. The lowest BCUT2D eigenvalue weighted by molar-refractivity contribution is -0.143. The van der Waals surface area contributed by atoms with Gasteiger partial charge in [0.2, 0.25) is 17.7 Å². The van der Waals surface area contributed by atoms with Crippen molar-refractivity contribution in [1.82, 2.24) is 20.9 Å². The molecule has 1 aliphatic rings. The second-order valence-corrected chi connectivity index (χ2v) is 12.4. The number of aliphatic carboxylic acids is 1. The number of phenolic OH excluding ortho intramolecular Hbond substituents is 1. The minimum absolute atomic E-state index is 0. The number of halogens is 1. The molecule has 0 aromatic heterocycles. The van der Waals surface area contributed by atoms with E-state index in [-0.39, 0.29) is 55.3 Å². The number of aromatic hydroxyl groups is 1. The Morgan fingerprint density at radius 3 is 2.21 bits per heavy atom. The third-order valence-corrected chi connectivity index (χ3v) is 8.35. The number of nitrogens with zero attached hydrogens (tertiary/aromatic N) is 1. The van der Waals surface area contributed by atoms with E-state index >= 15 is 0 Å². The number of rotatable bonds is 15. The normalized spacial score (nSPS) is 16.7. The molecule has 0 radical (unpaired) electrons. The second kappa shape index (κ2) is 18.2. The Hall–Kier alpha value is -4.16. The summed E-state index contributed by atoms with van der Waals surface area (Å²) in [6, 6.07) is 8.97. The number of hydrogen-bond acceptors (Lipinski definition) is 7. The number of benzene rings is 2. The van der Waals surface area contributed by atoms with Gasteiger partial charge in [0.25, 0.3) is 5.91 Å². The zero-order chi connectivity index (χ0) is 34.0. The molecule has 2 aromatic rings. The number of phenols is 1. The molecule has 0 aliphatic carbocycles. The number of carboxylic acid groups (broad SMARTS) is 1. The number of carboxylic acids is 1. The van der Waals surface area contributed by atoms with Crippen LogP contribution in [0.4, 0.5) is 0 Å². The quantitative estimate of drug-likeness (QED) is 0.166. The third kappa shape index (κ3) is 11.0. The average Bonchev–Trinajstić information content (AvgIpc) is 3.53. The predicted molar refractivity (Wildman–Crippen MR) is 180 cm³/mol. The lowest BCUT2D eigenvalue weighted by Crippen LogP contribution is -2.59. The van der Waals surface area contributed by atoms with E-state index in [0.717, 1.165) is 5.56 Å². The number of nitrogens with two attached hydrogens (primary N) is 1. The van der Waals surface area contributed by atoms with Crippen molar-refractivity contribution in [3.05, 3.63) is 65.2 Å². The molecule has 0 spiro atoms.